The van der Waals surface area contributed by atoms with Gasteiger partial charge in [0.25, 0.3) is 0 Å². The molecule has 0 aliphatic heterocycles. The molecule has 0 radical (unpaired) electrons. The van der Waals surface area contributed by atoms with Gasteiger partial charge in [-0.05, 0) is 25.7 Å². The van der Waals surface area contributed by atoms with E-state index < -0.39 is 11.3 Å². The van der Waals surface area contributed by atoms with Crippen LogP contribution in [0.25, 0.3) is 0 Å². The summed E-state index contributed by atoms with van der Waals surface area (Å²) in [4.78, 5) is 0. The van der Waals surface area contributed by atoms with Gasteiger partial charge < -0.3 is 0 Å². The van der Waals surface area contributed by atoms with Crippen LogP contribution in [-0.2, 0) is 0 Å². The second kappa shape index (κ2) is 3.79. The molecular weight excluding hydrogens is 182 g/mol. The zero-order valence-corrected chi connectivity index (χ0v) is 8.83. The Kier molecular flexibility index (Phi) is 2.81. The van der Waals surface area contributed by atoms with Gasteiger partial charge in [-0.15, -0.1) is 0 Å². The van der Waals surface area contributed by atoms with E-state index in [1.54, 1.807) is 0 Å². The third kappa shape index (κ3) is 1.68. The van der Waals surface area contributed by atoms with E-state index in [9.17, 15) is 8.78 Å². The molecule has 2 aliphatic rings. The minimum Gasteiger partial charge on any atom is -0.240 e. The lowest BCUT2D eigenvalue weighted by atomic mass is 9.69. The van der Waals surface area contributed by atoms with E-state index >= 15 is 0 Å². The van der Waals surface area contributed by atoms with Gasteiger partial charge in [-0.3, -0.25) is 0 Å². The number of rotatable bonds is 1. The van der Waals surface area contributed by atoms with Gasteiger partial charge in [-0.25, -0.2) is 8.78 Å². The van der Waals surface area contributed by atoms with Crippen molar-refractivity contribution < 1.29 is 8.78 Å². The Morgan fingerprint density at radius 3 is 1.07 bits per heavy atom. The molecule has 0 aromatic rings. The predicted molar refractivity (Wildman–Crippen MR) is 53.8 cm³/mol. The van der Waals surface area contributed by atoms with E-state index in [0.717, 1.165) is 38.5 Å². The number of hydrogen-bond acceptors (Lipinski definition) is 0. The predicted octanol–water partition coefficient (Wildman–Crippen LogP) is 4.33. The molecule has 0 unspecified atom stereocenters. The lowest BCUT2D eigenvalue weighted by Crippen LogP contribution is -2.49. The van der Waals surface area contributed by atoms with Gasteiger partial charge in [0.15, 0.2) is 0 Å². The van der Waals surface area contributed by atoms with Crippen molar-refractivity contribution in [1.29, 1.82) is 0 Å². The molecular formula is C12H20F2. The van der Waals surface area contributed by atoms with Crippen molar-refractivity contribution in [2.24, 2.45) is 0 Å². The first-order valence-electron chi connectivity index (χ1n) is 6.04. The van der Waals surface area contributed by atoms with E-state index in [-0.39, 0.29) is 0 Å². The maximum atomic E-state index is 14.5. The van der Waals surface area contributed by atoms with Gasteiger partial charge in [0.1, 0.15) is 11.3 Å². The lowest BCUT2D eigenvalue weighted by Gasteiger charge is -2.44. The number of halogens is 2. The van der Waals surface area contributed by atoms with Gasteiger partial charge in [0.2, 0.25) is 0 Å². The summed E-state index contributed by atoms with van der Waals surface area (Å²) in [6.07, 6.45) is 7.53. The Morgan fingerprint density at radius 2 is 0.786 bits per heavy atom. The Morgan fingerprint density at radius 1 is 0.500 bits per heavy atom. The smallest absolute Gasteiger partial charge is 0.144 e. The van der Waals surface area contributed by atoms with Crippen molar-refractivity contribution in [2.75, 3.05) is 0 Å². The van der Waals surface area contributed by atoms with Crippen LogP contribution in [0.5, 0.6) is 0 Å². The Hall–Kier alpha value is -0.140. The first kappa shape index (κ1) is 10.4. The monoisotopic (exact) mass is 202 g/mol. The lowest BCUT2D eigenvalue weighted by molar-refractivity contribution is -0.0854. The number of hydrogen-bond donors (Lipinski definition) is 0. The summed E-state index contributed by atoms with van der Waals surface area (Å²) in [5, 5.41) is 0. The molecule has 2 heteroatoms. The molecule has 2 aliphatic carbocycles. The molecule has 2 rings (SSSR count). The largest absolute Gasteiger partial charge is 0.240 e. The summed E-state index contributed by atoms with van der Waals surface area (Å²) in [6, 6.07) is 0. The molecule has 0 nitrogen and oxygen atoms in total. The second-order valence-electron chi connectivity index (χ2n) is 5.05. The Labute approximate surface area is 85.1 Å². The molecule has 2 fully saturated rings. The first-order valence-corrected chi connectivity index (χ1v) is 6.04. The minimum absolute atomic E-state index is 0.462. The van der Waals surface area contributed by atoms with E-state index in [1.807, 2.05) is 0 Å². The van der Waals surface area contributed by atoms with Crippen LogP contribution in [0.15, 0.2) is 0 Å². The van der Waals surface area contributed by atoms with Gasteiger partial charge in [0.05, 0.1) is 0 Å². The van der Waals surface area contributed by atoms with E-state index in [2.05, 4.69) is 0 Å². The molecule has 0 atom stereocenters. The van der Waals surface area contributed by atoms with Crippen LogP contribution in [0.3, 0.4) is 0 Å². The molecule has 0 saturated heterocycles. The van der Waals surface area contributed by atoms with Gasteiger partial charge in [-0.2, -0.15) is 0 Å². The zero-order valence-electron chi connectivity index (χ0n) is 8.83. The molecule has 2 saturated carbocycles. The summed E-state index contributed by atoms with van der Waals surface area (Å²) in [6.45, 7) is 0. The third-order valence-corrected chi connectivity index (χ3v) is 4.10. The summed E-state index contributed by atoms with van der Waals surface area (Å²) in [5.41, 5.74) is -2.96. The fourth-order valence-corrected chi connectivity index (χ4v) is 3.12. The standard InChI is InChI=1S/C12H20F2/c13-11(7-3-1-4-8-11)12(14)9-5-2-6-10-12/h1-10H2. The molecule has 0 bridgehead atoms. The zero-order chi connectivity index (χ0) is 10.1. The SMILES string of the molecule is FC1(C2(F)CCCCC2)CCCCC1. The van der Waals surface area contributed by atoms with Crippen LogP contribution < -0.4 is 0 Å². The van der Waals surface area contributed by atoms with Gasteiger partial charge in [-0.1, -0.05) is 38.5 Å². The van der Waals surface area contributed by atoms with Crippen LogP contribution in [-0.4, -0.2) is 11.3 Å². The van der Waals surface area contributed by atoms with Gasteiger partial charge >= 0.3 is 0 Å². The summed E-state index contributed by atoms with van der Waals surface area (Å²) >= 11 is 0. The molecule has 0 amide bonds. The van der Waals surface area contributed by atoms with Crippen molar-refractivity contribution in [3.63, 3.8) is 0 Å². The second-order valence-corrected chi connectivity index (χ2v) is 5.05. The quantitative estimate of drug-likeness (QED) is 0.593. The van der Waals surface area contributed by atoms with Gasteiger partial charge in [0, 0.05) is 0 Å². The molecule has 0 aromatic carbocycles. The van der Waals surface area contributed by atoms with Crippen molar-refractivity contribution in [2.45, 2.75) is 75.5 Å². The average molecular weight is 202 g/mol. The fraction of sp³-hybridized carbons (Fsp3) is 1.00. The van der Waals surface area contributed by atoms with Crippen LogP contribution in [0, 0.1) is 0 Å². The Bertz CT molecular complexity index is 166. The van der Waals surface area contributed by atoms with E-state index in [0.29, 0.717) is 25.7 Å². The maximum Gasteiger partial charge on any atom is 0.144 e. The topological polar surface area (TPSA) is 0 Å². The summed E-state index contributed by atoms with van der Waals surface area (Å²) in [5.74, 6) is 0. The highest BCUT2D eigenvalue weighted by Crippen LogP contribution is 2.49. The maximum absolute atomic E-state index is 14.5. The fourth-order valence-electron chi connectivity index (χ4n) is 3.12. The highest BCUT2D eigenvalue weighted by molar-refractivity contribution is 5.03. The Balaban J connectivity index is 2.09. The molecule has 82 valence electrons. The van der Waals surface area contributed by atoms with Crippen molar-refractivity contribution in [3.8, 4) is 0 Å². The molecule has 0 spiro atoms. The first-order chi connectivity index (χ1) is 6.66. The highest BCUT2D eigenvalue weighted by atomic mass is 19.2. The van der Waals surface area contributed by atoms with Crippen molar-refractivity contribution >= 4 is 0 Å². The number of alkyl halides is 2. The van der Waals surface area contributed by atoms with Crippen LogP contribution in [0.2, 0.25) is 0 Å². The minimum atomic E-state index is -1.48. The van der Waals surface area contributed by atoms with E-state index in [1.165, 1.54) is 0 Å². The van der Waals surface area contributed by atoms with Crippen molar-refractivity contribution in [1.82, 2.24) is 0 Å². The summed E-state index contributed by atoms with van der Waals surface area (Å²) in [7, 11) is 0. The molecule has 0 aromatic heterocycles. The van der Waals surface area contributed by atoms with Crippen LogP contribution in [0.4, 0.5) is 8.78 Å². The normalized spacial score (nSPS) is 31.3. The molecule has 0 heterocycles. The van der Waals surface area contributed by atoms with Crippen LogP contribution in [0.1, 0.15) is 64.2 Å². The third-order valence-electron chi connectivity index (χ3n) is 4.10. The molecule has 0 N–H and O–H groups in total. The molecule has 14 heavy (non-hydrogen) atoms. The van der Waals surface area contributed by atoms with Crippen LogP contribution >= 0.6 is 0 Å². The summed E-state index contributed by atoms with van der Waals surface area (Å²) < 4.78 is 28.9. The van der Waals surface area contributed by atoms with E-state index in [4.69, 9.17) is 0 Å². The average Bonchev–Trinajstić information content (AvgIpc) is 2.20. The van der Waals surface area contributed by atoms with Crippen molar-refractivity contribution in [3.05, 3.63) is 0 Å². The highest BCUT2D eigenvalue weighted by Gasteiger charge is 2.53.